The number of methoxy groups -OCH3 is 1. The third kappa shape index (κ3) is 6.89. The molecule has 0 aliphatic rings. The zero-order valence-corrected chi connectivity index (χ0v) is 12.8. The number of ether oxygens (including phenoxy) is 2. The van der Waals surface area contributed by atoms with Gasteiger partial charge in [-0.1, -0.05) is 25.5 Å². The van der Waals surface area contributed by atoms with Gasteiger partial charge >= 0.3 is 0 Å². The molecular formula is C16H27NO3. The quantitative estimate of drug-likeness (QED) is 0.690. The maximum absolute atomic E-state index is 9.94. The van der Waals surface area contributed by atoms with Gasteiger partial charge in [-0.2, -0.15) is 0 Å². The molecule has 0 saturated carbocycles. The first-order valence-corrected chi connectivity index (χ1v) is 7.25. The summed E-state index contributed by atoms with van der Waals surface area (Å²) in [4.78, 5) is 0. The van der Waals surface area contributed by atoms with Crippen LogP contribution in [0.1, 0.15) is 25.3 Å². The monoisotopic (exact) mass is 281 g/mol. The number of nitrogens with one attached hydrogen (secondary N) is 1. The number of benzene rings is 1. The number of hydrogen-bond donors (Lipinski definition) is 2. The van der Waals surface area contributed by atoms with E-state index in [9.17, 15) is 5.11 Å². The second kappa shape index (κ2) is 9.75. The summed E-state index contributed by atoms with van der Waals surface area (Å²) in [6.07, 6.45) is 1.61. The van der Waals surface area contributed by atoms with E-state index in [2.05, 4.69) is 12.2 Å². The third-order valence-corrected chi connectivity index (χ3v) is 3.08. The lowest BCUT2D eigenvalue weighted by molar-refractivity contribution is 0.0946. The Morgan fingerprint density at radius 2 is 2.10 bits per heavy atom. The molecule has 1 rings (SSSR count). The molecule has 2 N–H and O–H groups in total. The molecule has 4 nitrogen and oxygen atoms in total. The van der Waals surface area contributed by atoms with Crippen LogP contribution in [-0.2, 0) is 4.74 Å². The lowest BCUT2D eigenvalue weighted by atomic mass is 10.2. The van der Waals surface area contributed by atoms with E-state index < -0.39 is 6.10 Å². The van der Waals surface area contributed by atoms with E-state index in [0.29, 0.717) is 25.8 Å². The molecule has 114 valence electrons. The van der Waals surface area contributed by atoms with Crippen LogP contribution in [0.15, 0.2) is 24.3 Å². The van der Waals surface area contributed by atoms with Gasteiger partial charge in [0.25, 0.3) is 0 Å². The molecule has 0 heterocycles. The van der Waals surface area contributed by atoms with Crippen molar-refractivity contribution in [1.82, 2.24) is 5.32 Å². The summed E-state index contributed by atoms with van der Waals surface area (Å²) in [6.45, 7) is 5.63. The summed E-state index contributed by atoms with van der Waals surface area (Å²) in [7, 11) is 1.70. The maximum Gasteiger partial charge on any atom is 0.119 e. The van der Waals surface area contributed by atoms with E-state index in [0.717, 1.165) is 24.2 Å². The smallest absolute Gasteiger partial charge is 0.119 e. The predicted molar refractivity (Wildman–Crippen MR) is 81.3 cm³/mol. The van der Waals surface area contributed by atoms with Crippen molar-refractivity contribution < 1.29 is 14.6 Å². The third-order valence-electron chi connectivity index (χ3n) is 3.08. The van der Waals surface area contributed by atoms with Crippen molar-refractivity contribution in [2.45, 2.75) is 38.8 Å². The molecule has 0 aliphatic carbocycles. The molecule has 20 heavy (non-hydrogen) atoms. The Labute approximate surface area is 122 Å². The minimum atomic E-state index is -0.522. The van der Waals surface area contributed by atoms with E-state index in [1.165, 1.54) is 0 Å². The summed E-state index contributed by atoms with van der Waals surface area (Å²) in [6, 6.07) is 8.12. The highest BCUT2D eigenvalue weighted by Gasteiger charge is 2.10. The molecule has 2 unspecified atom stereocenters. The van der Waals surface area contributed by atoms with Crippen molar-refractivity contribution in [3.63, 3.8) is 0 Å². The Hall–Kier alpha value is -1.10. The number of rotatable bonds is 10. The van der Waals surface area contributed by atoms with Crippen molar-refractivity contribution >= 4 is 0 Å². The molecule has 0 fully saturated rings. The molecule has 4 heteroatoms. The summed E-state index contributed by atoms with van der Waals surface area (Å²) >= 11 is 0. The molecular weight excluding hydrogens is 254 g/mol. The lowest BCUT2D eigenvalue weighted by Gasteiger charge is -2.20. The van der Waals surface area contributed by atoms with Gasteiger partial charge in [0.1, 0.15) is 18.5 Å². The van der Waals surface area contributed by atoms with Gasteiger partial charge < -0.3 is 19.9 Å². The largest absolute Gasteiger partial charge is 0.491 e. The number of hydrogen-bond acceptors (Lipinski definition) is 4. The fourth-order valence-electron chi connectivity index (χ4n) is 2.05. The highest BCUT2D eigenvalue weighted by molar-refractivity contribution is 5.27. The van der Waals surface area contributed by atoms with Crippen LogP contribution in [0.3, 0.4) is 0 Å². The van der Waals surface area contributed by atoms with E-state index in [4.69, 9.17) is 9.47 Å². The Morgan fingerprint density at radius 1 is 1.30 bits per heavy atom. The first kappa shape index (κ1) is 17.0. The first-order chi connectivity index (χ1) is 9.65. The van der Waals surface area contributed by atoms with E-state index in [1.807, 2.05) is 31.2 Å². The molecule has 1 aromatic carbocycles. The van der Waals surface area contributed by atoms with Crippen molar-refractivity contribution in [3.05, 3.63) is 29.8 Å². The van der Waals surface area contributed by atoms with E-state index >= 15 is 0 Å². The molecule has 0 aliphatic heterocycles. The predicted octanol–water partition coefficient (Wildman–Crippen LogP) is 2.14. The van der Waals surface area contributed by atoms with Crippen LogP contribution in [-0.4, -0.2) is 44.1 Å². The second-order valence-electron chi connectivity index (χ2n) is 5.13. The normalized spacial score (nSPS) is 14.0. The Bertz CT molecular complexity index is 364. The van der Waals surface area contributed by atoms with Gasteiger partial charge in [0.15, 0.2) is 0 Å². The molecule has 0 amide bonds. The molecule has 2 atom stereocenters. The van der Waals surface area contributed by atoms with Crippen LogP contribution < -0.4 is 10.1 Å². The maximum atomic E-state index is 9.94. The SMILES string of the molecule is CCCC(COC)NCC(O)COc1cccc(C)c1. The number of aliphatic hydroxyl groups excluding tert-OH is 1. The molecule has 0 bridgehead atoms. The Kier molecular flexibility index (Phi) is 8.26. The highest BCUT2D eigenvalue weighted by atomic mass is 16.5. The topological polar surface area (TPSA) is 50.7 Å². The lowest BCUT2D eigenvalue weighted by Crippen LogP contribution is -2.40. The fraction of sp³-hybridized carbons (Fsp3) is 0.625. The summed E-state index contributed by atoms with van der Waals surface area (Å²) in [5.74, 6) is 0.797. The molecule has 1 aromatic rings. The average molecular weight is 281 g/mol. The van der Waals surface area contributed by atoms with E-state index in [-0.39, 0.29) is 0 Å². The van der Waals surface area contributed by atoms with Crippen LogP contribution in [0.2, 0.25) is 0 Å². The van der Waals surface area contributed by atoms with Crippen LogP contribution in [0, 0.1) is 6.92 Å². The standard InChI is InChI=1S/C16H27NO3/c1-4-6-14(11-19-3)17-10-15(18)12-20-16-8-5-7-13(2)9-16/h5,7-9,14-15,17-18H,4,6,10-12H2,1-3H3. The van der Waals surface area contributed by atoms with Gasteiger partial charge in [0.2, 0.25) is 0 Å². The minimum absolute atomic E-state index is 0.290. The summed E-state index contributed by atoms with van der Waals surface area (Å²) < 4.78 is 10.7. The van der Waals surface area contributed by atoms with Gasteiger partial charge in [0, 0.05) is 19.7 Å². The van der Waals surface area contributed by atoms with Crippen molar-refractivity contribution in [2.24, 2.45) is 0 Å². The molecule has 0 saturated heterocycles. The van der Waals surface area contributed by atoms with Gasteiger partial charge in [-0.3, -0.25) is 0 Å². The van der Waals surface area contributed by atoms with Crippen LogP contribution in [0.25, 0.3) is 0 Å². The average Bonchev–Trinajstić information content (AvgIpc) is 2.43. The number of aliphatic hydroxyl groups is 1. The minimum Gasteiger partial charge on any atom is -0.491 e. The summed E-state index contributed by atoms with van der Waals surface area (Å²) in [5.41, 5.74) is 1.15. The van der Waals surface area contributed by atoms with E-state index in [1.54, 1.807) is 7.11 Å². The van der Waals surface area contributed by atoms with Gasteiger partial charge in [0.05, 0.1) is 6.61 Å². The fourth-order valence-corrected chi connectivity index (χ4v) is 2.05. The Morgan fingerprint density at radius 3 is 2.75 bits per heavy atom. The van der Waals surface area contributed by atoms with Crippen LogP contribution in [0.5, 0.6) is 5.75 Å². The molecule has 0 aromatic heterocycles. The molecule has 0 spiro atoms. The zero-order valence-electron chi connectivity index (χ0n) is 12.8. The number of aryl methyl sites for hydroxylation is 1. The van der Waals surface area contributed by atoms with Gasteiger partial charge in [-0.05, 0) is 31.0 Å². The van der Waals surface area contributed by atoms with Crippen molar-refractivity contribution in [3.8, 4) is 5.75 Å². The Balaban J connectivity index is 2.27. The highest BCUT2D eigenvalue weighted by Crippen LogP contribution is 2.12. The first-order valence-electron chi connectivity index (χ1n) is 7.25. The van der Waals surface area contributed by atoms with Gasteiger partial charge in [-0.15, -0.1) is 0 Å². The van der Waals surface area contributed by atoms with Crippen molar-refractivity contribution in [2.75, 3.05) is 26.9 Å². The zero-order chi connectivity index (χ0) is 14.8. The van der Waals surface area contributed by atoms with Crippen LogP contribution in [0.4, 0.5) is 0 Å². The van der Waals surface area contributed by atoms with Crippen LogP contribution >= 0.6 is 0 Å². The van der Waals surface area contributed by atoms with Gasteiger partial charge in [-0.25, -0.2) is 0 Å². The molecule has 0 radical (unpaired) electrons. The second-order valence-corrected chi connectivity index (χ2v) is 5.13. The van der Waals surface area contributed by atoms with Crippen molar-refractivity contribution in [1.29, 1.82) is 0 Å². The summed E-state index contributed by atoms with van der Waals surface area (Å²) in [5, 5.41) is 13.3.